The third-order valence-electron chi connectivity index (χ3n) is 8.07. The first-order valence-electron chi connectivity index (χ1n) is 15.6. The van der Waals surface area contributed by atoms with Crippen LogP contribution in [0.3, 0.4) is 0 Å². The fraction of sp³-hybridized carbons (Fsp3) is 0.906. The van der Waals surface area contributed by atoms with Gasteiger partial charge >= 0.3 is 47.5 Å². The summed E-state index contributed by atoms with van der Waals surface area (Å²) in [4.78, 5) is 50.0. The van der Waals surface area contributed by atoms with Gasteiger partial charge in [-0.15, -0.1) is 0 Å². The van der Waals surface area contributed by atoms with E-state index in [4.69, 9.17) is 19.1 Å². The van der Waals surface area contributed by atoms with Crippen LogP contribution in [0.1, 0.15) is 123 Å². The zero-order chi connectivity index (χ0) is 35.0. The molecular weight excluding hydrogens is 611 g/mol. The van der Waals surface area contributed by atoms with Gasteiger partial charge in [-0.3, -0.25) is 19.3 Å². The number of carboxylic acids is 1. The summed E-state index contributed by atoms with van der Waals surface area (Å²) >= 11 is 0. The van der Waals surface area contributed by atoms with Crippen LogP contribution in [0.15, 0.2) is 0 Å². The molecule has 0 aromatic carbocycles. The molecule has 2 rings (SSSR count). The Morgan fingerprint density at radius 1 is 0.652 bits per heavy atom. The maximum atomic E-state index is 13.0. The minimum atomic E-state index is -2.72. The third-order valence-corrected chi connectivity index (χ3v) is 8.07. The fourth-order valence-electron chi connectivity index (χ4n) is 6.80. The fourth-order valence-corrected chi connectivity index (χ4v) is 6.80. The van der Waals surface area contributed by atoms with Crippen LogP contribution in [0.2, 0.25) is 0 Å². The van der Waals surface area contributed by atoms with Gasteiger partial charge in [-0.25, -0.2) is 4.79 Å². The summed E-state index contributed by atoms with van der Waals surface area (Å²) in [6.45, 7) is 22.0. The van der Waals surface area contributed by atoms with Gasteiger partial charge in [0.25, 0.3) is 0 Å². The summed E-state index contributed by atoms with van der Waals surface area (Å²) in [6, 6.07) is 0. The average Bonchev–Trinajstić information content (AvgIpc) is 2.73. The van der Waals surface area contributed by atoms with Crippen LogP contribution in [-0.4, -0.2) is 113 Å². The summed E-state index contributed by atoms with van der Waals surface area (Å²) in [6.07, 6.45) is -1.68. The van der Waals surface area contributed by atoms with Crippen LogP contribution in [-0.2, 0) is 33.5 Å². The molecule has 0 aromatic heterocycles. The van der Waals surface area contributed by atoms with Gasteiger partial charge in [0.2, 0.25) is 0 Å². The topological polar surface area (TPSA) is 176 Å². The van der Waals surface area contributed by atoms with Crippen molar-refractivity contribution in [1.29, 1.82) is 0 Å². The number of rotatable bonds is 13. The summed E-state index contributed by atoms with van der Waals surface area (Å²) in [7, 11) is 0. The number of carbonyl (C=O) groups excluding carboxylic acids is 2. The van der Waals surface area contributed by atoms with Gasteiger partial charge in [0.05, 0.1) is 37.3 Å². The van der Waals surface area contributed by atoms with Crippen molar-refractivity contribution in [2.24, 2.45) is 0 Å². The maximum absolute atomic E-state index is 13.0. The normalized spacial score (nSPS) is 22.5. The van der Waals surface area contributed by atoms with Gasteiger partial charge in [0.1, 0.15) is 12.2 Å². The van der Waals surface area contributed by atoms with Crippen LogP contribution < -0.4 is 29.6 Å². The monoisotopic (exact) mass is 670 g/mol. The SMILES string of the molecule is CC(C)(O)CON1C(C)(C)CC(OC(=O)CC(O)(CC(=O)OC2CC(C)(C)N(OCC(C)(C)O)C(C)(C)C2)C(=O)O)CC1(C)C.[H-].[Na+]. The molecule has 0 aliphatic carbocycles. The molecule has 14 heteroatoms. The van der Waals surface area contributed by atoms with Crippen molar-refractivity contribution in [1.82, 2.24) is 10.1 Å². The number of carbonyl (C=O) groups is 3. The summed E-state index contributed by atoms with van der Waals surface area (Å²) in [5.41, 5.74) is -7.26. The largest absolute Gasteiger partial charge is 1.00 e. The Morgan fingerprint density at radius 2 is 0.913 bits per heavy atom. The van der Waals surface area contributed by atoms with Crippen LogP contribution in [0.5, 0.6) is 0 Å². The van der Waals surface area contributed by atoms with Gasteiger partial charge in [-0.05, 0) is 83.1 Å². The Labute approximate surface area is 297 Å². The molecule has 2 aliphatic rings. The predicted octanol–water partition coefficient (Wildman–Crippen LogP) is 0.233. The Morgan fingerprint density at radius 3 is 1.13 bits per heavy atom. The second kappa shape index (κ2) is 14.9. The van der Waals surface area contributed by atoms with Crippen molar-refractivity contribution >= 4 is 17.9 Å². The van der Waals surface area contributed by atoms with Crippen LogP contribution in [0.4, 0.5) is 0 Å². The number of aliphatic hydroxyl groups is 3. The summed E-state index contributed by atoms with van der Waals surface area (Å²) < 4.78 is 11.3. The zero-order valence-corrected chi connectivity index (χ0v) is 32.4. The summed E-state index contributed by atoms with van der Waals surface area (Å²) in [5, 5.41) is 44.6. The number of aliphatic carboxylic acids is 1. The molecular formula is C32H59N2NaO11. The van der Waals surface area contributed by atoms with E-state index in [1.807, 2.05) is 55.4 Å². The number of hydroxylamine groups is 4. The van der Waals surface area contributed by atoms with E-state index in [9.17, 15) is 34.8 Å². The summed E-state index contributed by atoms with van der Waals surface area (Å²) in [5.74, 6) is -3.63. The van der Waals surface area contributed by atoms with E-state index in [-0.39, 0.29) is 44.2 Å². The average molecular weight is 671 g/mol. The van der Waals surface area contributed by atoms with Crippen molar-refractivity contribution < 1.29 is 84.9 Å². The van der Waals surface area contributed by atoms with E-state index in [0.717, 1.165) is 0 Å². The van der Waals surface area contributed by atoms with E-state index >= 15 is 0 Å². The van der Waals surface area contributed by atoms with Crippen LogP contribution in [0.25, 0.3) is 0 Å². The van der Waals surface area contributed by atoms with Crippen molar-refractivity contribution in [2.45, 2.75) is 173 Å². The van der Waals surface area contributed by atoms with Crippen molar-refractivity contribution in [3.63, 3.8) is 0 Å². The number of esters is 2. The molecule has 0 amide bonds. The molecule has 2 heterocycles. The second-order valence-corrected chi connectivity index (χ2v) is 16.7. The number of hydrogen-bond acceptors (Lipinski definition) is 12. The first kappa shape index (κ1) is 43.2. The molecule has 0 bridgehead atoms. The standard InChI is InChI=1S/C32H58N2O11.Na.H/c1-26(2)13-21(14-27(3,4)33(26)42-19-30(9,10)39)44-23(35)17-32(41,25(37)38)18-24(36)45-22-15-28(5,6)34(29(7,8)16-22)43-20-31(11,12)40;;/h21-22,39-41H,13-20H2,1-12H3,(H,37,38);;/q;+1;-1. The zero-order valence-electron chi connectivity index (χ0n) is 31.4. The van der Waals surface area contributed by atoms with E-state index in [1.54, 1.807) is 37.8 Å². The number of hydrogen-bond donors (Lipinski definition) is 4. The molecule has 0 radical (unpaired) electrons. The third kappa shape index (κ3) is 12.2. The van der Waals surface area contributed by atoms with E-state index < -0.39 is 81.9 Å². The smallest absolute Gasteiger partial charge is 1.00 e. The van der Waals surface area contributed by atoms with Crippen molar-refractivity contribution in [3.8, 4) is 0 Å². The van der Waals surface area contributed by atoms with Gasteiger partial charge in [0.15, 0.2) is 5.60 Å². The molecule has 4 N–H and O–H groups in total. The molecule has 2 aliphatic heterocycles. The molecule has 0 saturated carbocycles. The molecule has 0 aromatic rings. The van der Waals surface area contributed by atoms with E-state index in [2.05, 4.69) is 0 Å². The molecule has 0 unspecified atom stereocenters. The van der Waals surface area contributed by atoms with Crippen LogP contribution in [0, 0.1) is 0 Å². The second-order valence-electron chi connectivity index (χ2n) is 16.7. The Hall–Kier alpha value is -0.870. The Bertz CT molecular complexity index is 976. The quantitative estimate of drug-likeness (QED) is 0.155. The molecule has 46 heavy (non-hydrogen) atoms. The first-order valence-corrected chi connectivity index (χ1v) is 15.6. The Balaban J connectivity index is 0.0000106. The number of nitrogens with zero attached hydrogens (tertiary/aromatic N) is 2. The number of ether oxygens (including phenoxy) is 2. The first-order chi connectivity index (χ1) is 20.0. The molecule has 0 atom stereocenters. The Kier molecular flexibility index (Phi) is 14.0. The molecule has 2 fully saturated rings. The van der Waals surface area contributed by atoms with Gasteiger partial charge in [-0.1, -0.05) is 0 Å². The maximum Gasteiger partial charge on any atom is 1.00 e. The predicted molar refractivity (Wildman–Crippen MR) is 166 cm³/mol. The van der Waals surface area contributed by atoms with Crippen molar-refractivity contribution in [2.75, 3.05) is 13.2 Å². The van der Waals surface area contributed by atoms with Crippen LogP contribution >= 0.6 is 0 Å². The van der Waals surface area contributed by atoms with E-state index in [0.29, 0.717) is 25.7 Å². The van der Waals surface area contributed by atoms with Gasteiger partial charge < -0.3 is 31.3 Å². The molecule has 2 saturated heterocycles. The molecule has 13 nitrogen and oxygen atoms in total. The molecule has 0 spiro atoms. The van der Waals surface area contributed by atoms with Gasteiger partial charge in [0, 0.05) is 47.8 Å². The minimum Gasteiger partial charge on any atom is -1.00 e. The van der Waals surface area contributed by atoms with E-state index in [1.165, 1.54) is 0 Å². The number of piperidine rings is 2. The van der Waals surface area contributed by atoms with Crippen molar-refractivity contribution in [3.05, 3.63) is 0 Å². The number of carboxylic acid groups (broad SMARTS) is 1. The van der Waals surface area contributed by atoms with Gasteiger partial charge in [-0.2, -0.15) is 10.1 Å². The minimum absolute atomic E-state index is 0. The molecule has 264 valence electrons.